The SMILES string of the molecule is CCNC(=O)c1c(N)sc(CC)c1C. The first-order chi connectivity index (χ1) is 6.61. The predicted molar refractivity (Wildman–Crippen MR) is 60.9 cm³/mol. The minimum absolute atomic E-state index is 0.0570. The molecule has 0 radical (unpaired) electrons. The Morgan fingerprint density at radius 3 is 2.57 bits per heavy atom. The molecule has 1 rings (SSSR count). The number of amides is 1. The van der Waals surface area contributed by atoms with Crippen molar-refractivity contribution in [2.24, 2.45) is 0 Å². The van der Waals surface area contributed by atoms with Gasteiger partial charge in [-0.15, -0.1) is 11.3 Å². The zero-order valence-electron chi connectivity index (χ0n) is 8.81. The number of nitrogens with one attached hydrogen (secondary N) is 1. The van der Waals surface area contributed by atoms with E-state index in [0.717, 1.165) is 12.0 Å². The Hall–Kier alpha value is -1.03. The van der Waals surface area contributed by atoms with E-state index in [-0.39, 0.29) is 5.91 Å². The smallest absolute Gasteiger partial charge is 0.254 e. The normalized spacial score (nSPS) is 10.2. The van der Waals surface area contributed by atoms with Gasteiger partial charge in [0.25, 0.3) is 5.91 Å². The van der Waals surface area contributed by atoms with E-state index >= 15 is 0 Å². The molecule has 0 aliphatic heterocycles. The van der Waals surface area contributed by atoms with Crippen LogP contribution in [0.4, 0.5) is 5.00 Å². The Morgan fingerprint density at radius 2 is 2.14 bits per heavy atom. The zero-order chi connectivity index (χ0) is 10.7. The summed E-state index contributed by atoms with van der Waals surface area (Å²) in [6.45, 7) is 6.56. The van der Waals surface area contributed by atoms with Gasteiger partial charge in [0.15, 0.2) is 0 Å². The second-order valence-electron chi connectivity index (χ2n) is 3.10. The zero-order valence-corrected chi connectivity index (χ0v) is 9.62. The van der Waals surface area contributed by atoms with Crippen LogP contribution in [0.5, 0.6) is 0 Å². The minimum Gasteiger partial charge on any atom is -0.390 e. The van der Waals surface area contributed by atoms with Crippen LogP contribution in [-0.4, -0.2) is 12.5 Å². The van der Waals surface area contributed by atoms with Gasteiger partial charge in [0, 0.05) is 11.4 Å². The standard InChI is InChI=1S/C10H16N2OS/c1-4-7-6(3)8(9(11)14-7)10(13)12-5-2/h4-5,11H2,1-3H3,(H,12,13). The van der Waals surface area contributed by atoms with Crippen molar-refractivity contribution in [3.8, 4) is 0 Å². The Balaban J connectivity index is 3.07. The van der Waals surface area contributed by atoms with E-state index < -0.39 is 0 Å². The van der Waals surface area contributed by atoms with Crippen molar-refractivity contribution in [1.82, 2.24) is 5.32 Å². The fourth-order valence-electron chi connectivity index (χ4n) is 1.45. The average molecular weight is 212 g/mol. The largest absolute Gasteiger partial charge is 0.390 e. The molecule has 0 aliphatic rings. The number of hydrogen-bond acceptors (Lipinski definition) is 3. The predicted octanol–water partition coefficient (Wildman–Crippen LogP) is 1.95. The number of carbonyl (C=O) groups is 1. The molecule has 1 aromatic heterocycles. The van der Waals surface area contributed by atoms with Crippen molar-refractivity contribution >= 4 is 22.2 Å². The molecule has 0 bridgehead atoms. The molecule has 14 heavy (non-hydrogen) atoms. The topological polar surface area (TPSA) is 55.1 Å². The summed E-state index contributed by atoms with van der Waals surface area (Å²) in [4.78, 5) is 12.8. The number of nitrogen functional groups attached to an aromatic ring is 1. The molecular weight excluding hydrogens is 196 g/mol. The Kier molecular flexibility index (Phi) is 3.52. The van der Waals surface area contributed by atoms with Gasteiger partial charge < -0.3 is 11.1 Å². The quantitative estimate of drug-likeness (QED) is 0.804. The van der Waals surface area contributed by atoms with Gasteiger partial charge in [0.2, 0.25) is 0 Å². The summed E-state index contributed by atoms with van der Waals surface area (Å²) < 4.78 is 0. The molecule has 0 saturated carbocycles. The lowest BCUT2D eigenvalue weighted by Crippen LogP contribution is -2.23. The maximum Gasteiger partial charge on any atom is 0.254 e. The van der Waals surface area contributed by atoms with E-state index in [0.29, 0.717) is 17.1 Å². The molecule has 0 spiro atoms. The summed E-state index contributed by atoms with van der Waals surface area (Å²) in [5.41, 5.74) is 7.50. The van der Waals surface area contributed by atoms with Crippen LogP contribution in [0.3, 0.4) is 0 Å². The fraction of sp³-hybridized carbons (Fsp3) is 0.500. The van der Waals surface area contributed by atoms with Gasteiger partial charge in [-0.05, 0) is 25.8 Å². The van der Waals surface area contributed by atoms with Gasteiger partial charge in [-0.25, -0.2) is 0 Å². The first kappa shape index (κ1) is 11.0. The highest BCUT2D eigenvalue weighted by Crippen LogP contribution is 2.30. The van der Waals surface area contributed by atoms with Crippen molar-refractivity contribution in [3.05, 3.63) is 16.0 Å². The highest BCUT2D eigenvalue weighted by molar-refractivity contribution is 7.16. The lowest BCUT2D eigenvalue weighted by Gasteiger charge is -2.02. The third-order valence-corrected chi connectivity index (χ3v) is 3.42. The van der Waals surface area contributed by atoms with Crippen LogP contribution in [-0.2, 0) is 6.42 Å². The van der Waals surface area contributed by atoms with E-state index in [9.17, 15) is 4.79 Å². The molecule has 0 fully saturated rings. The minimum atomic E-state index is -0.0570. The summed E-state index contributed by atoms with van der Waals surface area (Å²) in [5.74, 6) is -0.0570. The van der Waals surface area contributed by atoms with Crippen LogP contribution in [0.1, 0.15) is 34.6 Å². The third-order valence-electron chi connectivity index (χ3n) is 2.16. The van der Waals surface area contributed by atoms with E-state index in [1.54, 1.807) is 0 Å². The summed E-state index contributed by atoms with van der Waals surface area (Å²) in [7, 11) is 0. The van der Waals surface area contributed by atoms with Gasteiger partial charge in [0.1, 0.15) is 0 Å². The number of thiophene rings is 1. The van der Waals surface area contributed by atoms with Gasteiger partial charge in [0.05, 0.1) is 10.6 Å². The first-order valence-corrected chi connectivity index (χ1v) is 5.59. The van der Waals surface area contributed by atoms with Gasteiger partial charge in [-0.1, -0.05) is 6.92 Å². The van der Waals surface area contributed by atoms with Gasteiger partial charge in [-0.3, -0.25) is 4.79 Å². The summed E-state index contributed by atoms with van der Waals surface area (Å²) in [6.07, 6.45) is 0.931. The molecule has 0 atom stereocenters. The average Bonchev–Trinajstić information content (AvgIpc) is 2.41. The molecule has 1 aromatic rings. The molecule has 3 N–H and O–H groups in total. The number of rotatable bonds is 3. The summed E-state index contributed by atoms with van der Waals surface area (Å²) in [6, 6.07) is 0. The molecule has 78 valence electrons. The van der Waals surface area contributed by atoms with Crippen LogP contribution in [0, 0.1) is 6.92 Å². The van der Waals surface area contributed by atoms with E-state index in [2.05, 4.69) is 12.2 Å². The number of nitrogens with two attached hydrogens (primary N) is 1. The Labute approximate surface area is 88.3 Å². The number of carbonyl (C=O) groups excluding carboxylic acids is 1. The Morgan fingerprint density at radius 1 is 1.50 bits per heavy atom. The lowest BCUT2D eigenvalue weighted by molar-refractivity contribution is 0.0956. The fourth-order valence-corrected chi connectivity index (χ4v) is 2.47. The number of aryl methyl sites for hydroxylation is 1. The molecule has 0 aromatic carbocycles. The van der Waals surface area contributed by atoms with Gasteiger partial charge >= 0.3 is 0 Å². The number of anilines is 1. The highest BCUT2D eigenvalue weighted by Gasteiger charge is 2.17. The second-order valence-corrected chi connectivity index (χ2v) is 4.24. The van der Waals surface area contributed by atoms with Crippen LogP contribution >= 0.6 is 11.3 Å². The monoisotopic (exact) mass is 212 g/mol. The maximum absolute atomic E-state index is 11.6. The van der Waals surface area contributed by atoms with Crippen molar-refractivity contribution in [3.63, 3.8) is 0 Å². The van der Waals surface area contributed by atoms with E-state index in [1.807, 2.05) is 13.8 Å². The molecule has 1 amide bonds. The molecule has 0 aliphatic carbocycles. The van der Waals surface area contributed by atoms with Gasteiger partial charge in [-0.2, -0.15) is 0 Å². The summed E-state index contributed by atoms with van der Waals surface area (Å²) >= 11 is 1.51. The molecule has 0 saturated heterocycles. The van der Waals surface area contributed by atoms with Crippen molar-refractivity contribution in [2.45, 2.75) is 27.2 Å². The third kappa shape index (κ3) is 1.90. The molecule has 4 heteroatoms. The van der Waals surface area contributed by atoms with Crippen LogP contribution in [0.15, 0.2) is 0 Å². The lowest BCUT2D eigenvalue weighted by atomic mass is 10.1. The number of hydrogen-bond donors (Lipinski definition) is 2. The molecule has 3 nitrogen and oxygen atoms in total. The highest BCUT2D eigenvalue weighted by atomic mass is 32.1. The van der Waals surface area contributed by atoms with Crippen LogP contribution < -0.4 is 11.1 Å². The molecule has 0 unspecified atom stereocenters. The van der Waals surface area contributed by atoms with E-state index in [1.165, 1.54) is 16.2 Å². The Bertz CT molecular complexity index is 344. The van der Waals surface area contributed by atoms with Crippen molar-refractivity contribution in [2.75, 3.05) is 12.3 Å². The molecular formula is C10H16N2OS. The maximum atomic E-state index is 11.6. The second kappa shape index (κ2) is 4.46. The summed E-state index contributed by atoms with van der Waals surface area (Å²) in [5, 5.41) is 3.40. The van der Waals surface area contributed by atoms with E-state index in [4.69, 9.17) is 5.73 Å². The van der Waals surface area contributed by atoms with Crippen molar-refractivity contribution < 1.29 is 4.79 Å². The molecule has 1 heterocycles. The van der Waals surface area contributed by atoms with Crippen LogP contribution in [0.2, 0.25) is 0 Å². The van der Waals surface area contributed by atoms with Crippen LogP contribution in [0.25, 0.3) is 0 Å². The first-order valence-electron chi connectivity index (χ1n) is 4.77. The van der Waals surface area contributed by atoms with Crippen molar-refractivity contribution in [1.29, 1.82) is 0 Å².